The van der Waals surface area contributed by atoms with Crippen LogP contribution in [-0.2, 0) is 4.79 Å². The molecule has 0 bridgehead atoms. The van der Waals surface area contributed by atoms with Crippen LogP contribution in [0.4, 0.5) is 8.78 Å². The largest absolute Gasteiger partial charge is 0.332 e. The van der Waals surface area contributed by atoms with Crippen molar-refractivity contribution in [2.24, 2.45) is 5.41 Å². The Labute approximate surface area is 127 Å². The SMILES string of the molecule is CC(F)(F)[C@]1(C)C[C@H]2CC[C@@H](c3cncc(C#N)c3)N2C1=O. The molecule has 3 atom stereocenters. The van der Waals surface area contributed by atoms with Crippen molar-refractivity contribution in [3.8, 4) is 6.07 Å². The van der Waals surface area contributed by atoms with Gasteiger partial charge in [-0.05, 0) is 37.8 Å². The van der Waals surface area contributed by atoms with Crippen molar-refractivity contribution in [3.05, 3.63) is 29.6 Å². The van der Waals surface area contributed by atoms with Crippen molar-refractivity contribution in [1.82, 2.24) is 9.88 Å². The number of nitrogens with zero attached hydrogens (tertiary/aromatic N) is 3. The fourth-order valence-electron chi connectivity index (χ4n) is 3.63. The molecule has 2 fully saturated rings. The van der Waals surface area contributed by atoms with E-state index in [1.807, 2.05) is 6.07 Å². The van der Waals surface area contributed by atoms with E-state index in [1.54, 1.807) is 17.2 Å². The second-order valence-corrected chi connectivity index (χ2v) is 6.50. The van der Waals surface area contributed by atoms with Gasteiger partial charge >= 0.3 is 0 Å². The molecule has 3 heterocycles. The average Bonchev–Trinajstić information content (AvgIpc) is 2.98. The quantitative estimate of drug-likeness (QED) is 0.844. The molecule has 1 aromatic heterocycles. The molecule has 0 saturated carbocycles. The molecular formula is C16H17F2N3O. The van der Waals surface area contributed by atoms with Gasteiger partial charge < -0.3 is 4.90 Å². The number of pyridine rings is 1. The maximum atomic E-state index is 13.9. The van der Waals surface area contributed by atoms with E-state index in [-0.39, 0.29) is 18.5 Å². The third kappa shape index (κ3) is 1.99. The van der Waals surface area contributed by atoms with Crippen molar-refractivity contribution in [2.45, 2.75) is 51.1 Å². The number of rotatable bonds is 2. The van der Waals surface area contributed by atoms with Crippen molar-refractivity contribution < 1.29 is 13.6 Å². The van der Waals surface area contributed by atoms with E-state index in [1.165, 1.54) is 13.1 Å². The average molecular weight is 305 g/mol. The maximum absolute atomic E-state index is 13.9. The highest BCUT2D eigenvalue weighted by molar-refractivity contribution is 5.87. The first-order chi connectivity index (χ1) is 10.3. The first-order valence-corrected chi connectivity index (χ1v) is 7.33. The molecule has 22 heavy (non-hydrogen) atoms. The predicted molar refractivity (Wildman–Crippen MR) is 74.9 cm³/mol. The van der Waals surface area contributed by atoms with Crippen LogP contribution in [0.1, 0.15) is 50.3 Å². The first-order valence-electron chi connectivity index (χ1n) is 7.33. The molecule has 0 spiro atoms. The number of carbonyl (C=O) groups excluding carboxylic acids is 1. The van der Waals surface area contributed by atoms with E-state index in [0.717, 1.165) is 18.9 Å². The number of fused-ring (bicyclic) bond motifs is 1. The molecule has 0 unspecified atom stereocenters. The third-order valence-electron chi connectivity index (χ3n) is 5.10. The van der Waals surface area contributed by atoms with Crippen molar-refractivity contribution in [1.29, 1.82) is 5.26 Å². The summed E-state index contributed by atoms with van der Waals surface area (Å²) in [5.74, 6) is -3.54. The van der Waals surface area contributed by atoms with Gasteiger partial charge in [0, 0.05) is 25.4 Å². The van der Waals surface area contributed by atoms with Gasteiger partial charge in [-0.25, -0.2) is 8.78 Å². The topological polar surface area (TPSA) is 57.0 Å². The molecule has 0 radical (unpaired) electrons. The van der Waals surface area contributed by atoms with Gasteiger partial charge in [0.15, 0.2) is 0 Å². The number of amides is 1. The minimum Gasteiger partial charge on any atom is -0.332 e. The molecule has 0 aliphatic carbocycles. The molecule has 4 nitrogen and oxygen atoms in total. The maximum Gasteiger partial charge on any atom is 0.259 e. The zero-order chi connectivity index (χ0) is 16.1. The fraction of sp³-hybridized carbons (Fsp3) is 0.562. The lowest BCUT2D eigenvalue weighted by Crippen LogP contribution is -2.44. The summed E-state index contributed by atoms with van der Waals surface area (Å²) in [7, 11) is 0. The van der Waals surface area contributed by atoms with E-state index in [9.17, 15) is 13.6 Å². The number of aromatic nitrogens is 1. The van der Waals surface area contributed by atoms with Crippen molar-refractivity contribution in [3.63, 3.8) is 0 Å². The summed E-state index contributed by atoms with van der Waals surface area (Å²) in [6, 6.07) is 3.29. The summed E-state index contributed by atoms with van der Waals surface area (Å²) in [4.78, 5) is 18.3. The van der Waals surface area contributed by atoms with Crippen LogP contribution in [0.2, 0.25) is 0 Å². The van der Waals surface area contributed by atoms with Crippen LogP contribution in [-0.4, -0.2) is 27.8 Å². The zero-order valence-corrected chi connectivity index (χ0v) is 12.5. The second-order valence-electron chi connectivity index (χ2n) is 6.50. The van der Waals surface area contributed by atoms with Crippen LogP contribution in [0.15, 0.2) is 18.5 Å². The van der Waals surface area contributed by atoms with E-state index >= 15 is 0 Å². The molecular weight excluding hydrogens is 288 g/mol. The Morgan fingerprint density at radius 2 is 2.18 bits per heavy atom. The highest BCUT2D eigenvalue weighted by Gasteiger charge is 2.62. The number of halogens is 2. The van der Waals surface area contributed by atoms with Gasteiger partial charge in [-0.2, -0.15) is 5.26 Å². The molecule has 3 rings (SSSR count). The Bertz CT molecular complexity index is 664. The standard InChI is InChI=1S/C16H17F2N3O/c1-15(16(2,17)18)6-12-3-4-13(21(12)14(15)22)11-5-10(7-19)8-20-9-11/h5,8-9,12-13H,3-4,6H2,1-2H3/t12-,13+,15-/m1/s1. The van der Waals surface area contributed by atoms with E-state index in [2.05, 4.69) is 4.98 Å². The summed E-state index contributed by atoms with van der Waals surface area (Å²) in [6.45, 7) is 2.18. The smallest absolute Gasteiger partial charge is 0.259 e. The summed E-state index contributed by atoms with van der Waals surface area (Å²) in [6.07, 6.45) is 4.67. The van der Waals surface area contributed by atoms with E-state index in [4.69, 9.17) is 5.26 Å². The van der Waals surface area contributed by atoms with Crippen LogP contribution in [0.25, 0.3) is 0 Å². The number of hydrogen-bond acceptors (Lipinski definition) is 3. The van der Waals surface area contributed by atoms with Crippen LogP contribution < -0.4 is 0 Å². The van der Waals surface area contributed by atoms with Gasteiger partial charge in [0.1, 0.15) is 11.5 Å². The highest BCUT2D eigenvalue weighted by atomic mass is 19.3. The van der Waals surface area contributed by atoms with E-state index in [0.29, 0.717) is 12.0 Å². The highest BCUT2D eigenvalue weighted by Crippen LogP contribution is 2.54. The van der Waals surface area contributed by atoms with Crippen molar-refractivity contribution in [2.75, 3.05) is 0 Å². The zero-order valence-electron chi connectivity index (χ0n) is 12.5. The minimum absolute atomic E-state index is 0.154. The van der Waals surface area contributed by atoms with Gasteiger partial charge in [0.25, 0.3) is 5.92 Å². The second kappa shape index (κ2) is 4.73. The molecule has 0 aromatic carbocycles. The molecule has 1 amide bonds. The van der Waals surface area contributed by atoms with E-state index < -0.39 is 17.2 Å². The number of hydrogen-bond donors (Lipinski definition) is 0. The summed E-state index contributed by atoms with van der Waals surface area (Å²) in [5, 5.41) is 8.96. The summed E-state index contributed by atoms with van der Waals surface area (Å²) in [5.41, 5.74) is -0.480. The molecule has 6 heteroatoms. The molecule has 0 N–H and O–H groups in total. The molecule has 1 aromatic rings. The third-order valence-corrected chi connectivity index (χ3v) is 5.10. The van der Waals surface area contributed by atoms with Gasteiger partial charge in [-0.15, -0.1) is 0 Å². The first kappa shape index (κ1) is 14.9. The molecule has 2 aliphatic rings. The van der Waals surface area contributed by atoms with Crippen LogP contribution in [0, 0.1) is 16.7 Å². The molecule has 2 aliphatic heterocycles. The van der Waals surface area contributed by atoms with Gasteiger partial charge in [0.05, 0.1) is 11.6 Å². The van der Waals surface area contributed by atoms with Gasteiger partial charge in [-0.3, -0.25) is 9.78 Å². The Morgan fingerprint density at radius 1 is 1.45 bits per heavy atom. The van der Waals surface area contributed by atoms with Gasteiger partial charge in [0.2, 0.25) is 5.91 Å². The lowest BCUT2D eigenvalue weighted by atomic mass is 9.80. The number of nitriles is 1. The predicted octanol–water partition coefficient (Wildman–Crippen LogP) is 3.05. The van der Waals surface area contributed by atoms with Crippen LogP contribution in [0.5, 0.6) is 0 Å². The Kier molecular flexibility index (Phi) is 3.20. The van der Waals surface area contributed by atoms with Crippen LogP contribution >= 0.6 is 0 Å². The van der Waals surface area contributed by atoms with Gasteiger partial charge in [-0.1, -0.05) is 0 Å². The van der Waals surface area contributed by atoms with Crippen molar-refractivity contribution >= 4 is 5.91 Å². The number of carbonyl (C=O) groups is 1. The minimum atomic E-state index is -3.05. The monoisotopic (exact) mass is 305 g/mol. The Balaban J connectivity index is 1.95. The Hall–Kier alpha value is -2.03. The Morgan fingerprint density at radius 3 is 2.82 bits per heavy atom. The van der Waals surface area contributed by atoms with Crippen LogP contribution in [0.3, 0.4) is 0 Å². The number of alkyl halides is 2. The lowest BCUT2D eigenvalue weighted by molar-refractivity contribution is -0.156. The normalized spacial score (nSPS) is 31.2. The molecule has 116 valence electrons. The summed E-state index contributed by atoms with van der Waals surface area (Å²) >= 11 is 0. The fourth-order valence-corrected chi connectivity index (χ4v) is 3.63. The summed E-state index contributed by atoms with van der Waals surface area (Å²) < 4.78 is 27.8. The molecule has 2 saturated heterocycles. The lowest BCUT2D eigenvalue weighted by Gasteiger charge is -2.31.